The number of carbonyl (C=O) groups is 2. The monoisotopic (exact) mass is 455 g/mol. The van der Waals surface area contributed by atoms with Crippen LogP contribution in [0.1, 0.15) is 38.9 Å². The summed E-state index contributed by atoms with van der Waals surface area (Å²) in [5.41, 5.74) is 1.72. The van der Waals surface area contributed by atoms with Gasteiger partial charge in [-0.3, -0.25) is 4.79 Å². The van der Waals surface area contributed by atoms with E-state index in [-0.39, 0.29) is 32.4 Å². The van der Waals surface area contributed by atoms with Gasteiger partial charge in [-0.25, -0.2) is 9.18 Å². The number of halogens is 3. The Morgan fingerprint density at radius 2 is 1.74 bits per heavy atom. The molecule has 0 radical (unpaired) electrons. The highest BCUT2D eigenvalue weighted by Crippen LogP contribution is 2.36. The molecule has 0 fully saturated rings. The van der Waals surface area contributed by atoms with Gasteiger partial charge in [-0.2, -0.15) is 0 Å². The number of nitrogens with zero attached hydrogens (tertiary/aromatic N) is 1. The number of aromatic carboxylic acids is 1. The highest BCUT2D eigenvalue weighted by atomic mass is 35.5. The minimum atomic E-state index is -1.05. The van der Waals surface area contributed by atoms with Crippen LogP contribution in [0.25, 0.3) is 16.6 Å². The van der Waals surface area contributed by atoms with Gasteiger partial charge < -0.3 is 9.51 Å². The van der Waals surface area contributed by atoms with Gasteiger partial charge in [-0.05, 0) is 47.9 Å². The molecule has 2 aromatic heterocycles. The standard InChI is InChI=1S/C24H16Cl2FNO3/c1-2-13-12-14(9-10-15(13)24(30)31)19-18-8-3-4-11-28(18)22(21(19)27)23(29)20-16(25)6-5-7-17(20)26/h3-12H,2H2,1H3,(H,30,31). The first-order chi connectivity index (χ1) is 14.8. The maximum atomic E-state index is 15.8. The lowest BCUT2D eigenvalue weighted by Crippen LogP contribution is -2.08. The van der Waals surface area contributed by atoms with E-state index in [1.807, 2.05) is 6.92 Å². The maximum absolute atomic E-state index is 15.8. The molecule has 0 aliphatic rings. The van der Waals surface area contributed by atoms with E-state index in [0.717, 1.165) is 0 Å². The SMILES string of the molecule is CCc1cc(-c2c(F)c(C(=O)c3c(Cl)cccc3Cl)n3ccccc23)ccc1C(=O)O. The fraction of sp³-hybridized carbons (Fsp3) is 0.0833. The third-order valence-electron chi connectivity index (χ3n) is 5.19. The number of hydrogen-bond acceptors (Lipinski definition) is 2. The number of carboxylic acid groups (broad SMARTS) is 1. The first-order valence-corrected chi connectivity index (χ1v) is 10.2. The largest absolute Gasteiger partial charge is 0.478 e. The number of aryl methyl sites for hydroxylation is 1. The van der Waals surface area contributed by atoms with Gasteiger partial charge in [0.25, 0.3) is 0 Å². The summed E-state index contributed by atoms with van der Waals surface area (Å²) < 4.78 is 17.3. The van der Waals surface area contributed by atoms with Crippen molar-refractivity contribution >= 4 is 40.5 Å². The molecule has 1 N–H and O–H groups in total. The Labute approximate surface area is 187 Å². The molecule has 31 heavy (non-hydrogen) atoms. The van der Waals surface area contributed by atoms with Crippen LogP contribution in [0.4, 0.5) is 4.39 Å². The van der Waals surface area contributed by atoms with Crippen molar-refractivity contribution in [2.24, 2.45) is 0 Å². The number of ketones is 1. The number of carbonyl (C=O) groups excluding carboxylic acids is 1. The molecule has 0 saturated carbocycles. The van der Waals surface area contributed by atoms with E-state index in [2.05, 4.69) is 0 Å². The minimum Gasteiger partial charge on any atom is -0.478 e. The zero-order valence-electron chi connectivity index (χ0n) is 16.3. The fourth-order valence-corrected chi connectivity index (χ4v) is 4.31. The third-order valence-corrected chi connectivity index (χ3v) is 5.82. The molecule has 0 unspecified atom stereocenters. The lowest BCUT2D eigenvalue weighted by atomic mass is 9.97. The Morgan fingerprint density at radius 3 is 2.39 bits per heavy atom. The van der Waals surface area contributed by atoms with Crippen LogP contribution >= 0.6 is 23.2 Å². The smallest absolute Gasteiger partial charge is 0.335 e. The van der Waals surface area contributed by atoms with Crippen molar-refractivity contribution in [3.05, 3.63) is 99.0 Å². The Balaban J connectivity index is 1.99. The van der Waals surface area contributed by atoms with Crippen LogP contribution in [0.3, 0.4) is 0 Å². The summed E-state index contributed by atoms with van der Waals surface area (Å²) in [7, 11) is 0. The van der Waals surface area contributed by atoms with Crippen LogP contribution in [0.2, 0.25) is 10.0 Å². The van der Waals surface area contributed by atoms with E-state index < -0.39 is 17.6 Å². The molecule has 0 atom stereocenters. The number of fused-ring (bicyclic) bond motifs is 1. The van der Waals surface area contributed by atoms with Crippen LogP contribution in [0, 0.1) is 5.82 Å². The molecule has 156 valence electrons. The third kappa shape index (κ3) is 3.50. The molecule has 4 rings (SSSR count). The quantitative estimate of drug-likeness (QED) is 0.347. The van der Waals surface area contributed by atoms with Crippen molar-refractivity contribution in [2.75, 3.05) is 0 Å². The van der Waals surface area contributed by atoms with E-state index in [9.17, 15) is 14.7 Å². The van der Waals surface area contributed by atoms with Gasteiger partial charge in [0.05, 0.1) is 26.7 Å². The Morgan fingerprint density at radius 1 is 1.03 bits per heavy atom. The van der Waals surface area contributed by atoms with Gasteiger partial charge >= 0.3 is 5.97 Å². The van der Waals surface area contributed by atoms with Crippen molar-refractivity contribution in [2.45, 2.75) is 13.3 Å². The number of rotatable bonds is 5. The average molecular weight is 456 g/mol. The van der Waals surface area contributed by atoms with Crippen LogP contribution in [0.15, 0.2) is 60.8 Å². The lowest BCUT2D eigenvalue weighted by Gasteiger charge is -2.07. The molecular weight excluding hydrogens is 440 g/mol. The van der Waals surface area contributed by atoms with Crippen molar-refractivity contribution in [3.63, 3.8) is 0 Å². The molecule has 4 nitrogen and oxygen atoms in total. The van der Waals surface area contributed by atoms with Crippen molar-refractivity contribution in [1.29, 1.82) is 0 Å². The van der Waals surface area contributed by atoms with Gasteiger partial charge in [0.15, 0.2) is 5.82 Å². The highest BCUT2D eigenvalue weighted by Gasteiger charge is 2.28. The summed E-state index contributed by atoms with van der Waals surface area (Å²) in [4.78, 5) is 24.8. The first-order valence-electron chi connectivity index (χ1n) is 9.49. The lowest BCUT2D eigenvalue weighted by molar-refractivity contribution is 0.0695. The number of benzene rings is 2. The summed E-state index contributed by atoms with van der Waals surface area (Å²) in [6.45, 7) is 1.83. The molecule has 0 aliphatic heterocycles. The Hall–Kier alpha value is -3.15. The van der Waals surface area contributed by atoms with Gasteiger partial charge in [-0.15, -0.1) is 0 Å². The summed E-state index contributed by atoms with van der Waals surface area (Å²) in [5, 5.41) is 9.65. The zero-order chi connectivity index (χ0) is 22.3. The molecule has 2 aromatic carbocycles. The molecular formula is C24H16Cl2FNO3. The normalized spacial score (nSPS) is 11.1. The second-order valence-electron chi connectivity index (χ2n) is 6.95. The van der Waals surface area contributed by atoms with E-state index in [4.69, 9.17) is 23.2 Å². The highest BCUT2D eigenvalue weighted by molar-refractivity contribution is 6.41. The topological polar surface area (TPSA) is 58.8 Å². The van der Waals surface area contributed by atoms with E-state index in [0.29, 0.717) is 23.1 Å². The molecule has 0 aliphatic carbocycles. The van der Waals surface area contributed by atoms with Gasteiger partial charge in [0.1, 0.15) is 5.69 Å². The van der Waals surface area contributed by atoms with Gasteiger partial charge in [-0.1, -0.05) is 54.4 Å². The maximum Gasteiger partial charge on any atom is 0.335 e. The number of hydrogen-bond donors (Lipinski definition) is 1. The van der Waals surface area contributed by atoms with Crippen LogP contribution in [0.5, 0.6) is 0 Å². The summed E-state index contributed by atoms with van der Waals surface area (Å²) in [6.07, 6.45) is 2.05. The Bertz CT molecular complexity index is 1340. The molecule has 2 heterocycles. The molecule has 0 spiro atoms. The van der Waals surface area contributed by atoms with E-state index in [1.54, 1.807) is 42.6 Å². The number of carboxylic acids is 1. The van der Waals surface area contributed by atoms with Crippen molar-refractivity contribution < 1.29 is 19.1 Å². The second-order valence-corrected chi connectivity index (χ2v) is 7.76. The van der Waals surface area contributed by atoms with E-state index in [1.165, 1.54) is 22.6 Å². The second kappa shape index (κ2) is 8.17. The van der Waals surface area contributed by atoms with E-state index >= 15 is 4.39 Å². The van der Waals surface area contributed by atoms with Gasteiger partial charge in [0.2, 0.25) is 5.78 Å². The average Bonchev–Trinajstić information content (AvgIpc) is 3.04. The van der Waals surface area contributed by atoms with Crippen LogP contribution in [-0.4, -0.2) is 21.3 Å². The molecule has 0 amide bonds. The Kier molecular flexibility index (Phi) is 5.56. The molecule has 7 heteroatoms. The predicted molar refractivity (Wildman–Crippen MR) is 119 cm³/mol. The molecule has 0 saturated heterocycles. The predicted octanol–water partition coefficient (Wildman–Crippen LogP) is 6.54. The number of aromatic nitrogens is 1. The van der Waals surface area contributed by atoms with Crippen LogP contribution in [-0.2, 0) is 6.42 Å². The fourth-order valence-electron chi connectivity index (χ4n) is 3.75. The van der Waals surface area contributed by atoms with Crippen molar-refractivity contribution in [1.82, 2.24) is 4.40 Å². The van der Waals surface area contributed by atoms with Gasteiger partial charge in [0, 0.05) is 11.8 Å². The molecule has 0 bridgehead atoms. The molecule has 4 aromatic rings. The first kappa shape index (κ1) is 21.1. The number of pyridine rings is 1. The van der Waals surface area contributed by atoms with Crippen molar-refractivity contribution in [3.8, 4) is 11.1 Å². The summed E-state index contributed by atoms with van der Waals surface area (Å²) in [6, 6.07) is 14.4. The zero-order valence-corrected chi connectivity index (χ0v) is 17.8. The minimum absolute atomic E-state index is 0.0232. The van der Waals surface area contributed by atoms with Crippen LogP contribution < -0.4 is 0 Å². The summed E-state index contributed by atoms with van der Waals surface area (Å²) >= 11 is 12.4. The summed E-state index contributed by atoms with van der Waals surface area (Å²) in [5.74, 6) is -2.41.